The van der Waals surface area contributed by atoms with Gasteiger partial charge in [-0.25, -0.2) is 0 Å². The van der Waals surface area contributed by atoms with E-state index in [0.717, 1.165) is 5.92 Å². The molecule has 0 saturated heterocycles. The molecule has 1 aliphatic rings. The zero-order valence-corrected chi connectivity index (χ0v) is 9.60. The Balaban J connectivity index is 2.45. The van der Waals surface area contributed by atoms with Crippen LogP contribution in [0.2, 0.25) is 0 Å². The lowest BCUT2D eigenvalue weighted by atomic mass is 9.78. The Kier molecular flexibility index (Phi) is 3.78. The second kappa shape index (κ2) is 4.45. The van der Waals surface area contributed by atoms with Crippen molar-refractivity contribution < 1.29 is 4.74 Å². The molecule has 78 valence electrons. The van der Waals surface area contributed by atoms with Crippen LogP contribution < -0.4 is 0 Å². The Hall–Kier alpha value is -0.0400. The highest BCUT2D eigenvalue weighted by Crippen LogP contribution is 2.35. The van der Waals surface area contributed by atoms with Crippen molar-refractivity contribution in [3.05, 3.63) is 0 Å². The molecule has 1 fully saturated rings. The SMILES string of the molecule is CC(C)OC(C)(C)C1CCCCC1. The number of hydrogen-bond acceptors (Lipinski definition) is 1. The second-order valence-corrected chi connectivity index (χ2v) is 5.10. The molecule has 0 aromatic heterocycles. The van der Waals surface area contributed by atoms with Gasteiger partial charge in [0, 0.05) is 0 Å². The van der Waals surface area contributed by atoms with Crippen LogP contribution in [0.1, 0.15) is 59.8 Å². The second-order valence-electron chi connectivity index (χ2n) is 5.10. The zero-order chi connectivity index (χ0) is 9.90. The number of hydrogen-bond donors (Lipinski definition) is 0. The lowest BCUT2D eigenvalue weighted by Gasteiger charge is -2.38. The van der Waals surface area contributed by atoms with E-state index in [1.54, 1.807) is 0 Å². The molecule has 1 aliphatic carbocycles. The molecule has 1 heteroatoms. The standard InChI is InChI=1S/C12H24O/c1-10(2)13-12(3,4)11-8-6-5-7-9-11/h10-11H,5-9H2,1-4H3. The summed E-state index contributed by atoms with van der Waals surface area (Å²) in [5.74, 6) is 0.781. The fourth-order valence-corrected chi connectivity index (χ4v) is 2.50. The van der Waals surface area contributed by atoms with Crippen molar-refractivity contribution in [1.82, 2.24) is 0 Å². The molecule has 0 atom stereocenters. The number of ether oxygens (including phenoxy) is 1. The Morgan fingerprint density at radius 1 is 1.08 bits per heavy atom. The molecule has 0 bridgehead atoms. The molecular weight excluding hydrogens is 160 g/mol. The Bertz CT molecular complexity index is 143. The maximum atomic E-state index is 5.98. The molecule has 0 unspecified atom stereocenters. The van der Waals surface area contributed by atoms with E-state index in [9.17, 15) is 0 Å². The van der Waals surface area contributed by atoms with Crippen molar-refractivity contribution in [2.75, 3.05) is 0 Å². The van der Waals surface area contributed by atoms with Crippen molar-refractivity contribution >= 4 is 0 Å². The van der Waals surface area contributed by atoms with E-state index in [1.807, 2.05) is 0 Å². The molecule has 1 rings (SSSR count). The van der Waals surface area contributed by atoms with Crippen LogP contribution in [0, 0.1) is 5.92 Å². The minimum absolute atomic E-state index is 0.0919. The van der Waals surface area contributed by atoms with E-state index in [2.05, 4.69) is 27.7 Å². The first kappa shape index (κ1) is 11.0. The van der Waals surface area contributed by atoms with Gasteiger partial charge in [0.25, 0.3) is 0 Å². The largest absolute Gasteiger partial charge is 0.373 e. The molecule has 0 N–H and O–H groups in total. The van der Waals surface area contributed by atoms with Crippen molar-refractivity contribution in [3.63, 3.8) is 0 Å². The highest BCUT2D eigenvalue weighted by atomic mass is 16.5. The average molecular weight is 184 g/mol. The molecule has 0 aromatic carbocycles. The maximum absolute atomic E-state index is 5.98. The fourth-order valence-electron chi connectivity index (χ4n) is 2.50. The van der Waals surface area contributed by atoms with E-state index >= 15 is 0 Å². The van der Waals surface area contributed by atoms with Gasteiger partial charge in [0.2, 0.25) is 0 Å². The number of rotatable bonds is 3. The van der Waals surface area contributed by atoms with E-state index in [1.165, 1.54) is 32.1 Å². The molecule has 0 radical (unpaired) electrons. The van der Waals surface area contributed by atoms with Gasteiger partial charge in [-0.05, 0) is 46.5 Å². The Labute approximate surface area is 82.9 Å². The van der Waals surface area contributed by atoms with Crippen molar-refractivity contribution in [2.24, 2.45) is 5.92 Å². The summed E-state index contributed by atoms with van der Waals surface area (Å²) in [6, 6.07) is 0. The topological polar surface area (TPSA) is 9.23 Å². The van der Waals surface area contributed by atoms with Gasteiger partial charge in [-0.2, -0.15) is 0 Å². The average Bonchev–Trinajstić information content (AvgIpc) is 2.04. The lowest BCUT2D eigenvalue weighted by Crippen LogP contribution is -2.37. The highest BCUT2D eigenvalue weighted by Gasteiger charge is 2.31. The van der Waals surface area contributed by atoms with Gasteiger partial charge in [0.1, 0.15) is 0 Å². The zero-order valence-electron chi connectivity index (χ0n) is 9.60. The first-order valence-electron chi connectivity index (χ1n) is 5.70. The van der Waals surface area contributed by atoms with Gasteiger partial charge >= 0.3 is 0 Å². The molecule has 13 heavy (non-hydrogen) atoms. The third-order valence-corrected chi connectivity index (χ3v) is 3.13. The Morgan fingerprint density at radius 3 is 2.08 bits per heavy atom. The summed E-state index contributed by atoms with van der Waals surface area (Å²) in [5.41, 5.74) is 0.0919. The van der Waals surface area contributed by atoms with Gasteiger partial charge in [0.05, 0.1) is 11.7 Å². The third kappa shape index (κ3) is 3.30. The molecule has 0 heterocycles. The van der Waals surface area contributed by atoms with Crippen LogP contribution in [0.25, 0.3) is 0 Å². The van der Waals surface area contributed by atoms with Gasteiger partial charge < -0.3 is 4.74 Å². The van der Waals surface area contributed by atoms with Crippen molar-refractivity contribution in [3.8, 4) is 0 Å². The van der Waals surface area contributed by atoms with Crippen LogP contribution in [-0.4, -0.2) is 11.7 Å². The summed E-state index contributed by atoms with van der Waals surface area (Å²) in [7, 11) is 0. The minimum Gasteiger partial charge on any atom is -0.373 e. The Morgan fingerprint density at radius 2 is 1.62 bits per heavy atom. The van der Waals surface area contributed by atoms with E-state index < -0.39 is 0 Å². The molecule has 1 saturated carbocycles. The quantitative estimate of drug-likeness (QED) is 0.648. The van der Waals surface area contributed by atoms with Crippen LogP contribution in [0.4, 0.5) is 0 Å². The maximum Gasteiger partial charge on any atom is 0.0658 e. The first-order valence-corrected chi connectivity index (χ1v) is 5.70. The van der Waals surface area contributed by atoms with Gasteiger partial charge in [0.15, 0.2) is 0 Å². The highest BCUT2D eigenvalue weighted by molar-refractivity contribution is 4.82. The van der Waals surface area contributed by atoms with E-state index in [-0.39, 0.29) is 5.60 Å². The molecule has 0 spiro atoms. The third-order valence-electron chi connectivity index (χ3n) is 3.13. The predicted molar refractivity (Wildman–Crippen MR) is 56.9 cm³/mol. The monoisotopic (exact) mass is 184 g/mol. The van der Waals surface area contributed by atoms with Gasteiger partial charge in [-0.1, -0.05) is 19.3 Å². The normalized spacial score (nSPS) is 21.0. The van der Waals surface area contributed by atoms with Gasteiger partial charge in [-0.3, -0.25) is 0 Å². The van der Waals surface area contributed by atoms with E-state index in [0.29, 0.717) is 6.10 Å². The first-order chi connectivity index (χ1) is 6.02. The molecule has 1 nitrogen and oxygen atoms in total. The summed E-state index contributed by atoms with van der Waals surface area (Å²) >= 11 is 0. The van der Waals surface area contributed by atoms with Crippen molar-refractivity contribution in [2.45, 2.75) is 71.5 Å². The molecule has 0 amide bonds. The molecule has 0 aromatic rings. The summed E-state index contributed by atoms with van der Waals surface area (Å²) < 4.78 is 5.98. The predicted octanol–water partition coefficient (Wildman–Crippen LogP) is 3.77. The lowest BCUT2D eigenvalue weighted by molar-refractivity contribution is -0.0999. The summed E-state index contributed by atoms with van der Waals surface area (Å²) in [6.45, 7) is 8.77. The van der Waals surface area contributed by atoms with Crippen molar-refractivity contribution in [1.29, 1.82) is 0 Å². The molecule has 0 aliphatic heterocycles. The smallest absolute Gasteiger partial charge is 0.0658 e. The van der Waals surface area contributed by atoms with Gasteiger partial charge in [-0.15, -0.1) is 0 Å². The summed E-state index contributed by atoms with van der Waals surface area (Å²) in [6.07, 6.45) is 7.30. The molecular formula is C12H24O. The van der Waals surface area contributed by atoms with Crippen LogP contribution in [0.5, 0.6) is 0 Å². The van der Waals surface area contributed by atoms with Crippen LogP contribution >= 0.6 is 0 Å². The van der Waals surface area contributed by atoms with Crippen LogP contribution in [0.3, 0.4) is 0 Å². The summed E-state index contributed by atoms with van der Waals surface area (Å²) in [5, 5.41) is 0. The van der Waals surface area contributed by atoms with E-state index in [4.69, 9.17) is 4.74 Å². The minimum atomic E-state index is 0.0919. The summed E-state index contributed by atoms with van der Waals surface area (Å²) in [4.78, 5) is 0. The fraction of sp³-hybridized carbons (Fsp3) is 1.00. The van der Waals surface area contributed by atoms with Crippen LogP contribution in [0.15, 0.2) is 0 Å². The van der Waals surface area contributed by atoms with Crippen LogP contribution in [-0.2, 0) is 4.74 Å².